The first-order valence-corrected chi connectivity index (χ1v) is 4.68. The van der Waals surface area contributed by atoms with E-state index in [4.69, 9.17) is 4.74 Å². The lowest BCUT2D eigenvalue weighted by molar-refractivity contribution is -0.134. The van der Waals surface area contributed by atoms with Crippen molar-refractivity contribution in [2.75, 3.05) is 0 Å². The predicted octanol–water partition coefficient (Wildman–Crippen LogP) is 1.93. The maximum Gasteiger partial charge on any atom is 0.315 e. The third-order valence-electron chi connectivity index (χ3n) is 2.27. The van der Waals surface area contributed by atoms with Crippen LogP contribution in [0.3, 0.4) is 0 Å². The van der Waals surface area contributed by atoms with Crippen LogP contribution in [0.1, 0.15) is 18.9 Å². The van der Waals surface area contributed by atoms with Gasteiger partial charge in [-0.05, 0) is 6.92 Å². The van der Waals surface area contributed by atoms with Crippen LogP contribution in [-0.2, 0) is 14.3 Å². The van der Waals surface area contributed by atoms with E-state index in [1.165, 1.54) is 6.92 Å². The zero-order valence-corrected chi connectivity index (χ0v) is 8.32. The van der Waals surface area contributed by atoms with Crippen LogP contribution in [0.4, 0.5) is 0 Å². The summed E-state index contributed by atoms with van der Waals surface area (Å²) in [5, 5.41) is 0. The molecule has 0 saturated carbocycles. The van der Waals surface area contributed by atoms with E-state index in [2.05, 4.69) is 0 Å². The lowest BCUT2D eigenvalue weighted by atomic mass is 10.1. The van der Waals surface area contributed by atoms with Crippen molar-refractivity contribution in [2.24, 2.45) is 0 Å². The van der Waals surface area contributed by atoms with Gasteiger partial charge >= 0.3 is 5.97 Å². The topological polar surface area (TPSA) is 43.4 Å². The summed E-state index contributed by atoms with van der Waals surface area (Å²) in [5.41, 5.74) is 1.24. The first kappa shape index (κ1) is 9.65. The van der Waals surface area contributed by atoms with E-state index in [9.17, 15) is 9.59 Å². The van der Waals surface area contributed by atoms with Gasteiger partial charge in [-0.25, -0.2) is 0 Å². The maximum atomic E-state index is 11.3. The number of carbonyl (C=O) groups is 2. The van der Waals surface area contributed by atoms with E-state index in [1.807, 2.05) is 30.3 Å². The van der Waals surface area contributed by atoms with Gasteiger partial charge in [0, 0.05) is 11.1 Å². The van der Waals surface area contributed by atoms with Gasteiger partial charge in [-0.1, -0.05) is 30.3 Å². The third-order valence-corrected chi connectivity index (χ3v) is 2.27. The van der Waals surface area contributed by atoms with Gasteiger partial charge in [0.05, 0.1) is 6.42 Å². The molecule has 0 bridgehead atoms. The van der Waals surface area contributed by atoms with Gasteiger partial charge in [0.1, 0.15) is 5.76 Å². The quantitative estimate of drug-likeness (QED) is 0.688. The van der Waals surface area contributed by atoms with Crippen LogP contribution in [0.2, 0.25) is 0 Å². The molecule has 3 nitrogen and oxygen atoms in total. The van der Waals surface area contributed by atoms with Crippen LogP contribution >= 0.6 is 0 Å². The minimum atomic E-state index is -0.362. The summed E-state index contributed by atoms with van der Waals surface area (Å²) < 4.78 is 5.04. The summed E-state index contributed by atoms with van der Waals surface area (Å²) in [5.74, 6) is -0.0631. The molecular weight excluding hydrogens is 192 g/mol. The van der Waals surface area contributed by atoms with Gasteiger partial charge in [-0.3, -0.25) is 9.59 Å². The summed E-state index contributed by atoms with van der Waals surface area (Å²) in [6.07, 6.45) is 0.0829. The van der Waals surface area contributed by atoms with E-state index in [0.717, 1.165) is 5.56 Å². The zero-order chi connectivity index (χ0) is 10.8. The second kappa shape index (κ2) is 3.69. The van der Waals surface area contributed by atoms with Crippen molar-refractivity contribution in [3.05, 3.63) is 41.5 Å². The number of cyclic esters (lactones) is 1. The molecule has 0 radical (unpaired) electrons. The number of hydrogen-bond donors (Lipinski definition) is 0. The molecule has 0 saturated heterocycles. The maximum absolute atomic E-state index is 11.3. The Labute approximate surface area is 87.4 Å². The molecule has 76 valence electrons. The second-order valence-electron chi connectivity index (χ2n) is 3.38. The zero-order valence-electron chi connectivity index (χ0n) is 8.32. The van der Waals surface area contributed by atoms with Crippen LogP contribution < -0.4 is 0 Å². The standard InChI is InChI=1S/C12H10O3/c1-8(13)10-7-11(14)15-12(10)9-5-3-2-4-6-9/h2-6H,7H2,1H3. The van der Waals surface area contributed by atoms with Gasteiger partial charge in [-0.15, -0.1) is 0 Å². The van der Waals surface area contributed by atoms with E-state index in [1.54, 1.807) is 0 Å². The number of ketones is 1. The van der Waals surface area contributed by atoms with Crippen molar-refractivity contribution < 1.29 is 14.3 Å². The first-order valence-electron chi connectivity index (χ1n) is 4.68. The van der Waals surface area contributed by atoms with Crippen LogP contribution in [0.25, 0.3) is 5.76 Å². The number of carbonyl (C=O) groups excluding carboxylic acids is 2. The number of hydrogen-bond acceptors (Lipinski definition) is 3. The van der Waals surface area contributed by atoms with E-state index < -0.39 is 0 Å². The van der Waals surface area contributed by atoms with E-state index in [0.29, 0.717) is 11.3 Å². The summed E-state index contributed by atoms with van der Waals surface area (Å²) >= 11 is 0. The summed E-state index contributed by atoms with van der Waals surface area (Å²) in [6.45, 7) is 1.44. The monoisotopic (exact) mass is 202 g/mol. The smallest absolute Gasteiger partial charge is 0.315 e. The van der Waals surface area contributed by atoms with Gasteiger partial charge in [0.15, 0.2) is 5.78 Å². The number of Topliss-reactive ketones (excluding diaryl/α,β-unsaturated/α-hetero) is 1. The Morgan fingerprint density at radius 3 is 2.53 bits per heavy atom. The van der Waals surface area contributed by atoms with Crippen molar-refractivity contribution in [1.29, 1.82) is 0 Å². The van der Waals surface area contributed by atoms with Crippen LogP contribution in [-0.4, -0.2) is 11.8 Å². The fourth-order valence-electron chi connectivity index (χ4n) is 1.54. The highest BCUT2D eigenvalue weighted by Crippen LogP contribution is 2.29. The van der Waals surface area contributed by atoms with Crippen LogP contribution in [0, 0.1) is 0 Å². The Balaban J connectivity index is 2.46. The molecule has 0 unspecified atom stereocenters. The molecule has 0 aromatic heterocycles. The van der Waals surface area contributed by atoms with Crippen LogP contribution in [0.15, 0.2) is 35.9 Å². The minimum absolute atomic E-state index is 0.0829. The Hall–Kier alpha value is -1.90. The molecule has 0 spiro atoms. The van der Waals surface area contributed by atoms with Gasteiger partial charge in [-0.2, -0.15) is 0 Å². The molecule has 15 heavy (non-hydrogen) atoms. The molecule has 2 rings (SSSR count). The molecule has 0 aliphatic carbocycles. The normalized spacial score (nSPS) is 15.4. The molecule has 1 aromatic rings. The SMILES string of the molecule is CC(=O)C1=C(c2ccccc2)OC(=O)C1. The highest BCUT2D eigenvalue weighted by molar-refractivity contribution is 6.07. The third kappa shape index (κ3) is 1.81. The predicted molar refractivity (Wildman–Crippen MR) is 54.8 cm³/mol. The number of rotatable bonds is 2. The molecule has 1 aromatic carbocycles. The van der Waals surface area contributed by atoms with Crippen LogP contribution in [0.5, 0.6) is 0 Å². The summed E-state index contributed by atoms with van der Waals surface area (Å²) in [4.78, 5) is 22.4. The van der Waals surface area contributed by atoms with E-state index >= 15 is 0 Å². The average molecular weight is 202 g/mol. The Bertz CT molecular complexity index is 443. The lowest BCUT2D eigenvalue weighted by Crippen LogP contribution is -1.97. The fourth-order valence-corrected chi connectivity index (χ4v) is 1.54. The molecule has 0 fully saturated rings. The Kier molecular flexibility index (Phi) is 2.37. The Morgan fingerprint density at radius 1 is 1.27 bits per heavy atom. The van der Waals surface area contributed by atoms with Crippen molar-refractivity contribution >= 4 is 17.5 Å². The molecule has 0 N–H and O–H groups in total. The second-order valence-corrected chi connectivity index (χ2v) is 3.38. The average Bonchev–Trinajstić information content (AvgIpc) is 2.62. The number of benzene rings is 1. The van der Waals surface area contributed by atoms with Crippen molar-refractivity contribution in [2.45, 2.75) is 13.3 Å². The largest absolute Gasteiger partial charge is 0.425 e. The van der Waals surface area contributed by atoms with Crippen molar-refractivity contribution in [3.8, 4) is 0 Å². The van der Waals surface area contributed by atoms with Gasteiger partial charge in [0.2, 0.25) is 0 Å². The number of esters is 1. The highest BCUT2D eigenvalue weighted by atomic mass is 16.5. The summed E-state index contributed by atoms with van der Waals surface area (Å²) in [7, 11) is 0. The van der Waals surface area contributed by atoms with E-state index in [-0.39, 0.29) is 18.2 Å². The first-order chi connectivity index (χ1) is 7.18. The number of ether oxygens (including phenoxy) is 1. The molecule has 1 aliphatic rings. The fraction of sp³-hybridized carbons (Fsp3) is 0.167. The molecular formula is C12H10O3. The molecule has 1 heterocycles. The Morgan fingerprint density at radius 2 is 1.93 bits per heavy atom. The van der Waals surface area contributed by atoms with Gasteiger partial charge < -0.3 is 4.74 Å². The highest BCUT2D eigenvalue weighted by Gasteiger charge is 2.27. The van der Waals surface area contributed by atoms with Gasteiger partial charge in [0.25, 0.3) is 0 Å². The minimum Gasteiger partial charge on any atom is -0.425 e. The summed E-state index contributed by atoms with van der Waals surface area (Å²) in [6, 6.07) is 9.18. The molecule has 3 heteroatoms. The molecule has 0 amide bonds. The van der Waals surface area contributed by atoms with Crippen molar-refractivity contribution in [3.63, 3.8) is 0 Å². The molecule has 0 atom stereocenters. The molecule has 1 aliphatic heterocycles. The lowest BCUT2D eigenvalue weighted by Gasteiger charge is -2.02. The van der Waals surface area contributed by atoms with Crippen molar-refractivity contribution in [1.82, 2.24) is 0 Å².